The molecule has 3 N–H and O–H groups in total. The summed E-state index contributed by atoms with van der Waals surface area (Å²) in [5, 5.41) is 13.3. The van der Waals surface area contributed by atoms with E-state index < -0.39 is 0 Å². The number of anilines is 1. The summed E-state index contributed by atoms with van der Waals surface area (Å²) in [5.74, 6) is 0.0963. The van der Waals surface area contributed by atoms with Gasteiger partial charge in [0.05, 0.1) is 12.1 Å². The Bertz CT molecular complexity index is 775. The minimum atomic E-state index is -0.0849. The average molecular weight is 392 g/mol. The van der Waals surface area contributed by atoms with Crippen LogP contribution in [0, 0.1) is 5.92 Å². The molecule has 2 amide bonds. The van der Waals surface area contributed by atoms with Crippen molar-refractivity contribution < 1.29 is 9.59 Å². The van der Waals surface area contributed by atoms with Crippen LogP contribution < -0.4 is 16.0 Å². The number of aryl methyl sites for hydroxylation is 1. The molecule has 0 aliphatic carbocycles. The maximum absolute atomic E-state index is 12.6. The predicted molar refractivity (Wildman–Crippen MR) is 107 cm³/mol. The Morgan fingerprint density at radius 1 is 1.26 bits per heavy atom. The van der Waals surface area contributed by atoms with E-state index in [2.05, 4.69) is 21.0 Å². The van der Waals surface area contributed by atoms with Crippen molar-refractivity contribution in [1.29, 1.82) is 0 Å². The number of nitrogens with one attached hydrogen (secondary N) is 3. The molecule has 1 saturated heterocycles. The number of carbonyl (C=O) groups excluding carboxylic acids is 2. The summed E-state index contributed by atoms with van der Waals surface area (Å²) in [7, 11) is 1.89. The normalized spacial score (nSPS) is 18.6. The van der Waals surface area contributed by atoms with E-state index in [1.54, 1.807) is 4.68 Å². The van der Waals surface area contributed by atoms with E-state index in [9.17, 15) is 9.59 Å². The van der Waals surface area contributed by atoms with Crippen molar-refractivity contribution in [1.82, 2.24) is 20.4 Å². The lowest BCUT2D eigenvalue weighted by atomic mass is 9.90. The van der Waals surface area contributed by atoms with Crippen LogP contribution in [0.2, 0.25) is 0 Å². The first-order valence-electron chi connectivity index (χ1n) is 8.86. The number of aromatic nitrogens is 2. The Morgan fingerprint density at radius 3 is 2.63 bits per heavy atom. The molecule has 2 heterocycles. The molecule has 0 bridgehead atoms. The van der Waals surface area contributed by atoms with Crippen LogP contribution in [0.4, 0.5) is 5.69 Å². The summed E-state index contributed by atoms with van der Waals surface area (Å²) in [4.78, 5) is 23.6. The first-order chi connectivity index (χ1) is 12.5. The molecule has 1 aliphatic rings. The molecular weight excluding hydrogens is 366 g/mol. The van der Waals surface area contributed by atoms with Gasteiger partial charge >= 0.3 is 0 Å². The number of halogens is 1. The molecule has 2 aromatic rings. The van der Waals surface area contributed by atoms with Gasteiger partial charge in [-0.3, -0.25) is 14.3 Å². The molecule has 7 nitrogen and oxygen atoms in total. The molecule has 27 heavy (non-hydrogen) atoms. The monoisotopic (exact) mass is 391 g/mol. The fraction of sp³-hybridized carbons (Fsp3) is 0.421. The number of nitrogens with zero attached hydrogens (tertiary/aromatic N) is 2. The quantitative estimate of drug-likeness (QED) is 0.695. The molecule has 0 spiro atoms. The summed E-state index contributed by atoms with van der Waals surface area (Å²) in [6, 6.07) is 7.68. The fourth-order valence-electron chi connectivity index (χ4n) is 3.36. The Morgan fingerprint density at radius 2 is 2.00 bits per heavy atom. The second-order valence-corrected chi connectivity index (χ2v) is 6.74. The van der Waals surface area contributed by atoms with Crippen molar-refractivity contribution in [3.63, 3.8) is 0 Å². The fourth-order valence-corrected chi connectivity index (χ4v) is 3.36. The topological polar surface area (TPSA) is 88.1 Å². The SMILES string of the molecule is CC(=O)Nc1ccc(CCNC(=O)[C@H]2CNC[C@@H]2c2cnn(C)c2)cc1.Cl. The zero-order chi connectivity index (χ0) is 18.5. The number of rotatable bonds is 6. The largest absolute Gasteiger partial charge is 0.355 e. The van der Waals surface area contributed by atoms with Crippen LogP contribution in [-0.2, 0) is 23.1 Å². The number of amides is 2. The van der Waals surface area contributed by atoms with Gasteiger partial charge in [0.1, 0.15) is 0 Å². The van der Waals surface area contributed by atoms with Crippen LogP contribution in [-0.4, -0.2) is 41.2 Å². The minimum absolute atomic E-state index is 0. The third kappa shape index (κ3) is 5.55. The molecule has 0 saturated carbocycles. The van der Waals surface area contributed by atoms with Gasteiger partial charge in [0.2, 0.25) is 11.8 Å². The van der Waals surface area contributed by atoms with Crippen molar-refractivity contribution in [2.24, 2.45) is 13.0 Å². The number of benzene rings is 1. The summed E-state index contributed by atoms with van der Waals surface area (Å²) in [6.07, 6.45) is 4.58. The zero-order valence-electron chi connectivity index (χ0n) is 15.6. The van der Waals surface area contributed by atoms with Gasteiger partial charge < -0.3 is 16.0 Å². The van der Waals surface area contributed by atoms with Crippen molar-refractivity contribution in [2.45, 2.75) is 19.3 Å². The molecule has 1 aromatic heterocycles. The molecule has 0 unspecified atom stereocenters. The lowest BCUT2D eigenvalue weighted by Gasteiger charge is -2.17. The maximum Gasteiger partial charge on any atom is 0.225 e. The molecule has 0 radical (unpaired) electrons. The van der Waals surface area contributed by atoms with Crippen LogP contribution in [0.3, 0.4) is 0 Å². The lowest BCUT2D eigenvalue weighted by Crippen LogP contribution is -2.35. The van der Waals surface area contributed by atoms with Gasteiger partial charge in [-0.15, -0.1) is 12.4 Å². The molecule has 146 valence electrons. The van der Waals surface area contributed by atoms with Crippen molar-refractivity contribution in [2.75, 3.05) is 25.0 Å². The highest BCUT2D eigenvalue weighted by Crippen LogP contribution is 2.27. The lowest BCUT2D eigenvalue weighted by molar-refractivity contribution is -0.124. The van der Waals surface area contributed by atoms with Gasteiger partial charge in [-0.25, -0.2) is 0 Å². The van der Waals surface area contributed by atoms with Crippen LogP contribution in [0.1, 0.15) is 24.0 Å². The third-order valence-electron chi connectivity index (χ3n) is 4.69. The van der Waals surface area contributed by atoms with E-state index in [4.69, 9.17) is 0 Å². The average Bonchev–Trinajstić information content (AvgIpc) is 3.24. The molecule has 3 rings (SSSR count). The van der Waals surface area contributed by atoms with Crippen LogP contribution in [0.25, 0.3) is 0 Å². The number of hydrogen-bond donors (Lipinski definition) is 3. The molecule has 1 aliphatic heterocycles. The van der Waals surface area contributed by atoms with E-state index >= 15 is 0 Å². The Kier molecular flexibility index (Phi) is 7.38. The van der Waals surface area contributed by atoms with E-state index in [1.807, 2.05) is 43.7 Å². The van der Waals surface area contributed by atoms with E-state index in [1.165, 1.54) is 6.92 Å². The predicted octanol–water partition coefficient (Wildman–Crippen LogP) is 1.46. The summed E-state index contributed by atoms with van der Waals surface area (Å²) < 4.78 is 1.77. The van der Waals surface area contributed by atoms with Crippen molar-refractivity contribution in [3.05, 3.63) is 47.8 Å². The van der Waals surface area contributed by atoms with E-state index in [0.717, 1.165) is 29.8 Å². The molecule has 1 fully saturated rings. The second-order valence-electron chi connectivity index (χ2n) is 6.74. The first kappa shape index (κ1) is 20.9. The van der Waals surface area contributed by atoms with Crippen LogP contribution in [0.15, 0.2) is 36.7 Å². The highest BCUT2D eigenvalue weighted by molar-refractivity contribution is 5.88. The van der Waals surface area contributed by atoms with Crippen molar-refractivity contribution >= 4 is 29.9 Å². The van der Waals surface area contributed by atoms with Gasteiger partial charge in [0.25, 0.3) is 0 Å². The summed E-state index contributed by atoms with van der Waals surface area (Å²) in [5.41, 5.74) is 3.00. The molecular formula is C19H26ClN5O2. The van der Waals surface area contributed by atoms with Gasteiger partial charge in [0.15, 0.2) is 0 Å². The van der Waals surface area contributed by atoms with Crippen LogP contribution >= 0.6 is 12.4 Å². The highest BCUT2D eigenvalue weighted by Gasteiger charge is 2.34. The molecule has 1 aromatic carbocycles. The maximum atomic E-state index is 12.6. The van der Waals surface area contributed by atoms with E-state index in [-0.39, 0.29) is 36.1 Å². The van der Waals surface area contributed by atoms with E-state index in [0.29, 0.717) is 13.1 Å². The third-order valence-corrected chi connectivity index (χ3v) is 4.69. The standard InChI is InChI=1S/C19H25N5O2.ClH/c1-13(25)23-16-5-3-14(4-6-16)7-8-21-19(26)18-11-20-10-17(18)15-9-22-24(2)12-15;/h3-6,9,12,17-18,20H,7-8,10-11H2,1-2H3,(H,21,26)(H,23,25);1H/t17-,18+;/m1./s1. The van der Waals surface area contributed by atoms with Gasteiger partial charge in [-0.2, -0.15) is 5.10 Å². The summed E-state index contributed by atoms with van der Waals surface area (Å²) in [6.45, 7) is 3.57. The highest BCUT2D eigenvalue weighted by atomic mass is 35.5. The second kappa shape index (κ2) is 9.53. The van der Waals surface area contributed by atoms with Gasteiger partial charge in [-0.05, 0) is 29.7 Å². The van der Waals surface area contributed by atoms with Gasteiger partial charge in [-0.1, -0.05) is 12.1 Å². The zero-order valence-corrected chi connectivity index (χ0v) is 16.4. The van der Waals surface area contributed by atoms with Crippen molar-refractivity contribution in [3.8, 4) is 0 Å². The van der Waals surface area contributed by atoms with Crippen LogP contribution in [0.5, 0.6) is 0 Å². The first-order valence-corrected chi connectivity index (χ1v) is 8.86. The number of hydrogen-bond acceptors (Lipinski definition) is 4. The Hall–Kier alpha value is -2.38. The van der Waals surface area contributed by atoms with Gasteiger partial charge in [0, 0.05) is 51.4 Å². The Balaban J connectivity index is 0.00000261. The number of carbonyl (C=O) groups is 2. The minimum Gasteiger partial charge on any atom is -0.355 e. The smallest absolute Gasteiger partial charge is 0.225 e. The molecule has 8 heteroatoms. The molecule has 2 atom stereocenters. The summed E-state index contributed by atoms with van der Waals surface area (Å²) >= 11 is 0. The Labute approximate surface area is 165 Å².